The van der Waals surface area contributed by atoms with Crippen LogP contribution in [0.3, 0.4) is 0 Å². The van der Waals surface area contributed by atoms with Gasteiger partial charge in [0.1, 0.15) is 4.83 Å². The largest absolute Gasteiger partial charge is 0.370 e. The van der Waals surface area contributed by atoms with E-state index in [4.69, 9.17) is 15.6 Å². The van der Waals surface area contributed by atoms with Crippen LogP contribution in [0.15, 0.2) is 35.5 Å². The summed E-state index contributed by atoms with van der Waals surface area (Å²) in [4.78, 5) is 11.6. The maximum atomic E-state index is 5.94. The van der Waals surface area contributed by atoms with Crippen LogP contribution in [0.4, 0.5) is 5.82 Å². The Hall–Kier alpha value is -1.67. The van der Waals surface area contributed by atoms with E-state index in [2.05, 4.69) is 36.4 Å². The predicted molar refractivity (Wildman–Crippen MR) is 104 cm³/mol. The van der Waals surface area contributed by atoms with Crippen molar-refractivity contribution in [3.8, 4) is 0 Å². The lowest BCUT2D eigenvalue weighted by molar-refractivity contribution is -0.0379. The average Bonchev–Trinajstić information content (AvgIpc) is 2.96. The van der Waals surface area contributed by atoms with Crippen LogP contribution in [0.5, 0.6) is 0 Å². The Morgan fingerprint density at radius 1 is 1.28 bits per heavy atom. The van der Waals surface area contributed by atoms with E-state index in [1.807, 2.05) is 18.2 Å². The molecular weight excluding hydrogens is 352 g/mol. The number of nitrogens with one attached hydrogen (secondary N) is 1. The van der Waals surface area contributed by atoms with Crippen LogP contribution in [-0.4, -0.2) is 15.6 Å². The number of nitrogens with zero attached hydrogens (tertiary/aromatic N) is 2. The first kappa shape index (κ1) is 16.8. The number of anilines is 1. The SMILES string of the molecule is CC1(C)Cc2c(sc3nc(SCc4ccccc4)nc(NN)c23)CO1. The van der Waals surface area contributed by atoms with Crippen molar-refractivity contribution in [2.24, 2.45) is 5.84 Å². The molecule has 0 saturated carbocycles. The molecule has 25 heavy (non-hydrogen) atoms. The second-order valence-corrected chi connectivity index (χ2v) is 8.71. The number of ether oxygens (including phenoxy) is 1. The van der Waals surface area contributed by atoms with E-state index in [-0.39, 0.29) is 5.60 Å². The smallest absolute Gasteiger partial charge is 0.191 e. The number of aromatic nitrogens is 2. The minimum absolute atomic E-state index is 0.173. The van der Waals surface area contributed by atoms with E-state index >= 15 is 0 Å². The second-order valence-electron chi connectivity index (χ2n) is 6.68. The molecule has 1 aliphatic heterocycles. The minimum Gasteiger partial charge on any atom is -0.370 e. The summed E-state index contributed by atoms with van der Waals surface area (Å²) >= 11 is 3.30. The number of benzene rings is 1. The van der Waals surface area contributed by atoms with Crippen molar-refractivity contribution >= 4 is 39.1 Å². The molecule has 3 aromatic rings. The first-order valence-electron chi connectivity index (χ1n) is 8.15. The first-order valence-corrected chi connectivity index (χ1v) is 9.95. The number of rotatable bonds is 4. The molecule has 0 unspecified atom stereocenters. The zero-order chi connectivity index (χ0) is 17.4. The summed E-state index contributed by atoms with van der Waals surface area (Å²) in [6.07, 6.45) is 0.844. The predicted octanol–water partition coefficient (Wildman–Crippen LogP) is 4.12. The standard InChI is InChI=1S/C18H20N4OS2/c1-18(2)8-12-13(9-23-18)25-16-14(12)15(22-19)20-17(21-16)24-10-11-6-4-3-5-7-11/h3-7H,8-10,19H2,1-2H3,(H,20,21,22). The lowest BCUT2D eigenvalue weighted by atomic mass is 9.94. The van der Waals surface area contributed by atoms with Crippen molar-refractivity contribution in [1.82, 2.24) is 9.97 Å². The maximum absolute atomic E-state index is 5.94. The molecule has 5 nitrogen and oxygen atoms in total. The molecule has 0 amide bonds. The van der Waals surface area contributed by atoms with Crippen LogP contribution >= 0.6 is 23.1 Å². The van der Waals surface area contributed by atoms with Crippen LogP contribution in [-0.2, 0) is 23.5 Å². The summed E-state index contributed by atoms with van der Waals surface area (Å²) in [6, 6.07) is 10.3. The number of thiophene rings is 1. The fraction of sp³-hybridized carbons (Fsp3) is 0.333. The van der Waals surface area contributed by atoms with Gasteiger partial charge in [-0.2, -0.15) is 0 Å². The van der Waals surface area contributed by atoms with Gasteiger partial charge in [-0.1, -0.05) is 42.1 Å². The lowest BCUT2D eigenvalue weighted by Crippen LogP contribution is -2.31. The fourth-order valence-electron chi connectivity index (χ4n) is 3.02. The Bertz CT molecular complexity index is 908. The molecule has 4 rings (SSSR count). The minimum atomic E-state index is -0.173. The van der Waals surface area contributed by atoms with Gasteiger partial charge in [-0.15, -0.1) is 11.3 Å². The Balaban J connectivity index is 1.69. The Morgan fingerprint density at radius 2 is 2.08 bits per heavy atom. The number of hydrogen-bond donors (Lipinski definition) is 2. The Labute approximate surface area is 155 Å². The molecule has 3 heterocycles. The van der Waals surface area contributed by atoms with Gasteiger partial charge in [0, 0.05) is 17.1 Å². The van der Waals surface area contributed by atoms with Gasteiger partial charge in [0.15, 0.2) is 11.0 Å². The van der Waals surface area contributed by atoms with Crippen molar-refractivity contribution in [3.63, 3.8) is 0 Å². The van der Waals surface area contributed by atoms with E-state index in [1.54, 1.807) is 23.1 Å². The number of fused-ring (bicyclic) bond motifs is 3. The molecule has 0 spiro atoms. The van der Waals surface area contributed by atoms with Crippen molar-refractivity contribution < 1.29 is 4.74 Å². The van der Waals surface area contributed by atoms with E-state index in [0.717, 1.165) is 27.5 Å². The van der Waals surface area contributed by atoms with Crippen molar-refractivity contribution in [2.45, 2.75) is 43.4 Å². The van der Waals surface area contributed by atoms with Gasteiger partial charge in [-0.25, -0.2) is 15.8 Å². The van der Waals surface area contributed by atoms with Crippen LogP contribution in [0, 0.1) is 0 Å². The highest BCUT2D eigenvalue weighted by Crippen LogP contribution is 2.41. The third-order valence-corrected chi connectivity index (χ3v) is 6.28. The molecule has 0 fully saturated rings. The molecule has 0 bridgehead atoms. The monoisotopic (exact) mass is 372 g/mol. The molecule has 0 radical (unpaired) electrons. The second kappa shape index (κ2) is 6.57. The number of nitrogen functional groups attached to an aromatic ring is 1. The molecule has 1 aromatic carbocycles. The summed E-state index contributed by atoms with van der Waals surface area (Å²) in [7, 11) is 0. The molecule has 7 heteroatoms. The third kappa shape index (κ3) is 3.37. The van der Waals surface area contributed by atoms with Gasteiger partial charge in [-0.05, 0) is 25.0 Å². The van der Waals surface area contributed by atoms with Gasteiger partial charge < -0.3 is 10.2 Å². The highest BCUT2D eigenvalue weighted by atomic mass is 32.2. The molecular formula is C18H20N4OS2. The van der Waals surface area contributed by atoms with Gasteiger partial charge >= 0.3 is 0 Å². The zero-order valence-electron chi connectivity index (χ0n) is 14.2. The molecule has 0 aliphatic carbocycles. The van der Waals surface area contributed by atoms with Gasteiger partial charge in [0.25, 0.3) is 0 Å². The van der Waals surface area contributed by atoms with E-state index in [1.165, 1.54) is 16.0 Å². The molecule has 1 aliphatic rings. The van der Waals surface area contributed by atoms with Crippen LogP contribution in [0.25, 0.3) is 10.2 Å². The molecule has 0 saturated heterocycles. The number of nitrogens with two attached hydrogens (primary N) is 1. The molecule has 130 valence electrons. The first-order chi connectivity index (χ1) is 12.1. The quantitative estimate of drug-likeness (QED) is 0.311. The summed E-state index contributed by atoms with van der Waals surface area (Å²) in [5.74, 6) is 7.31. The third-order valence-electron chi connectivity index (χ3n) is 4.26. The number of hydrogen-bond acceptors (Lipinski definition) is 7. The van der Waals surface area contributed by atoms with E-state index in [0.29, 0.717) is 12.4 Å². The topological polar surface area (TPSA) is 73.1 Å². The van der Waals surface area contributed by atoms with Gasteiger partial charge in [0.05, 0.1) is 17.6 Å². The number of hydrazine groups is 1. The molecule has 0 atom stereocenters. The highest BCUT2D eigenvalue weighted by Gasteiger charge is 2.30. The molecule has 3 N–H and O–H groups in total. The fourth-order valence-corrected chi connectivity index (χ4v) is 4.98. The zero-order valence-corrected chi connectivity index (χ0v) is 15.8. The van der Waals surface area contributed by atoms with Crippen molar-refractivity contribution in [2.75, 3.05) is 5.43 Å². The van der Waals surface area contributed by atoms with Crippen LogP contribution in [0.1, 0.15) is 29.9 Å². The Morgan fingerprint density at radius 3 is 2.84 bits per heavy atom. The molecule has 2 aromatic heterocycles. The lowest BCUT2D eigenvalue weighted by Gasteiger charge is -2.30. The summed E-state index contributed by atoms with van der Waals surface area (Å²) in [5.41, 5.74) is 5.12. The normalized spacial score (nSPS) is 16.0. The summed E-state index contributed by atoms with van der Waals surface area (Å²) in [5, 5.41) is 1.78. The average molecular weight is 373 g/mol. The summed E-state index contributed by atoms with van der Waals surface area (Å²) < 4.78 is 5.94. The Kier molecular flexibility index (Phi) is 4.41. The van der Waals surface area contributed by atoms with E-state index < -0.39 is 0 Å². The van der Waals surface area contributed by atoms with Gasteiger partial charge in [0.2, 0.25) is 0 Å². The van der Waals surface area contributed by atoms with Crippen molar-refractivity contribution in [1.29, 1.82) is 0 Å². The van der Waals surface area contributed by atoms with Crippen LogP contribution < -0.4 is 11.3 Å². The summed E-state index contributed by atoms with van der Waals surface area (Å²) in [6.45, 7) is 4.85. The van der Waals surface area contributed by atoms with Crippen LogP contribution in [0.2, 0.25) is 0 Å². The van der Waals surface area contributed by atoms with E-state index in [9.17, 15) is 0 Å². The maximum Gasteiger partial charge on any atom is 0.191 e. The van der Waals surface area contributed by atoms with Gasteiger partial charge in [-0.3, -0.25) is 0 Å². The van der Waals surface area contributed by atoms with Crippen molar-refractivity contribution in [3.05, 3.63) is 46.3 Å². The number of thioether (sulfide) groups is 1. The highest BCUT2D eigenvalue weighted by molar-refractivity contribution is 7.98.